The van der Waals surface area contributed by atoms with E-state index in [9.17, 15) is 4.79 Å². The number of carbonyl (C=O) groups is 1. The third-order valence-electron chi connectivity index (χ3n) is 3.29. The molecule has 5 heteroatoms. The molecule has 1 saturated heterocycles. The van der Waals surface area contributed by atoms with Crippen LogP contribution in [0.15, 0.2) is 22.7 Å². The van der Waals surface area contributed by atoms with E-state index >= 15 is 0 Å². The van der Waals surface area contributed by atoms with Gasteiger partial charge in [-0.25, -0.2) is 0 Å². The lowest BCUT2D eigenvalue weighted by molar-refractivity contribution is 0.0398. The van der Waals surface area contributed by atoms with Crippen LogP contribution >= 0.6 is 15.9 Å². The number of rotatable bonds is 3. The lowest BCUT2D eigenvalue weighted by Gasteiger charge is -2.42. The number of hydrogen-bond donors (Lipinski definition) is 0. The van der Waals surface area contributed by atoms with Gasteiger partial charge in [0, 0.05) is 23.6 Å². The van der Waals surface area contributed by atoms with Gasteiger partial charge in [0.1, 0.15) is 5.75 Å². The molecule has 2 rings (SSSR count). The van der Waals surface area contributed by atoms with Gasteiger partial charge < -0.3 is 14.5 Å². The Bertz CT molecular complexity index is 456. The van der Waals surface area contributed by atoms with E-state index in [2.05, 4.69) is 20.8 Å². The van der Waals surface area contributed by atoms with Gasteiger partial charge in [0.15, 0.2) is 0 Å². The molecule has 0 atom stereocenters. The Balaban J connectivity index is 2.07. The molecule has 1 aliphatic rings. The second-order valence-corrected chi connectivity index (χ2v) is 5.53. The molecule has 0 bridgehead atoms. The van der Waals surface area contributed by atoms with Gasteiger partial charge in [0.25, 0.3) is 5.91 Å². The Hall–Kier alpha value is -1.07. The molecule has 1 amide bonds. The highest BCUT2D eigenvalue weighted by molar-refractivity contribution is 9.10. The number of amides is 1. The highest BCUT2D eigenvalue weighted by atomic mass is 79.9. The van der Waals surface area contributed by atoms with Crippen molar-refractivity contribution in [2.75, 3.05) is 34.3 Å². The third kappa shape index (κ3) is 2.52. The molecular formula is C13H17BrN2O2. The van der Waals surface area contributed by atoms with Crippen molar-refractivity contribution in [3.8, 4) is 5.75 Å². The van der Waals surface area contributed by atoms with Crippen LogP contribution in [0.4, 0.5) is 0 Å². The summed E-state index contributed by atoms with van der Waals surface area (Å²) in [4.78, 5) is 16.3. The fraction of sp³-hybridized carbons (Fsp3) is 0.462. The minimum Gasteiger partial charge on any atom is -0.497 e. The summed E-state index contributed by atoms with van der Waals surface area (Å²) in [5.41, 5.74) is 0.688. The van der Waals surface area contributed by atoms with E-state index in [1.165, 1.54) is 0 Å². The molecule has 0 spiro atoms. The lowest BCUT2D eigenvalue weighted by atomic mass is 10.1. The van der Waals surface area contributed by atoms with Gasteiger partial charge in [-0.3, -0.25) is 4.79 Å². The lowest BCUT2D eigenvalue weighted by Crippen LogP contribution is -2.59. The molecule has 0 saturated carbocycles. The molecule has 1 aromatic rings. The quantitative estimate of drug-likeness (QED) is 0.854. The van der Waals surface area contributed by atoms with Crippen LogP contribution in [0.5, 0.6) is 5.75 Å². The number of nitrogens with zero attached hydrogens (tertiary/aromatic N) is 2. The summed E-state index contributed by atoms with van der Waals surface area (Å²) >= 11 is 3.42. The molecule has 1 aromatic carbocycles. The van der Waals surface area contributed by atoms with E-state index in [-0.39, 0.29) is 5.91 Å². The van der Waals surface area contributed by atoms with Crippen LogP contribution in [-0.4, -0.2) is 56.0 Å². The van der Waals surface area contributed by atoms with Gasteiger partial charge in [-0.1, -0.05) is 0 Å². The number of methoxy groups -OCH3 is 1. The highest BCUT2D eigenvalue weighted by Gasteiger charge is 2.33. The maximum absolute atomic E-state index is 12.3. The first-order chi connectivity index (χ1) is 8.52. The number of benzene rings is 1. The fourth-order valence-electron chi connectivity index (χ4n) is 1.91. The van der Waals surface area contributed by atoms with Gasteiger partial charge >= 0.3 is 0 Å². The summed E-state index contributed by atoms with van der Waals surface area (Å²) in [6.07, 6.45) is 0. The Morgan fingerprint density at radius 3 is 2.61 bits per heavy atom. The summed E-state index contributed by atoms with van der Waals surface area (Å²) in [7, 11) is 5.69. The largest absolute Gasteiger partial charge is 0.497 e. The van der Waals surface area contributed by atoms with Crippen molar-refractivity contribution in [1.29, 1.82) is 0 Å². The van der Waals surface area contributed by atoms with Crippen LogP contribution in [0, 0.1) is 0 Å². The first kappa shape index (κ1) is 13.4. The molecular weight excluding hydrogens is 296 g/mol. The van der Waals surface area contributed by atoms with Crippen LogP contribution in [-0.2, 0) is 0 Å². The molecule has 0 aromatic heterocycles. The number of likely N-dealkylation sites (N-methyl/N-ethyl adjacent to an activating group) is 1. The zero-order valence-corrected chi connectivity index (χ0v) is 12.4. The molecule has 1 heterocycles. The second-order valence-electron chi connectivity index (χ2n) is 4.67. The van der Waals surface area contributed by atoms with Crippen molar-refractivity contribution < 1.29 is 9.53 Å². The zero-order chi connectivity index (χ0) is 13.3. The molecule has 98 valence electrons. The Morgan fingerprint density at radius 2 is 2.11 bits per heavy atom. The van der Waals surface area contributed by atoms with Crippen LogP contribution in [0.2, 0.25) is 0 Å². The van der Waals surface area contributed by atoms with E-state index in [1.807, 2.05) is 25.1 Å². The van der Waals surface area contributed by atoms with Gasteiger partial charge in [0.2, 0.25) is 0 Å². The Kier molecular flexibility index (Phi) is 3.92. The summed E-state index contributed by atoms with van der Waals surface area (Å²) in [5, 5.41) is 0. The zero-order valence-electron chi connectivity index (χ0n) is 10.8. The van der Waals surface area contributed by atoms with Gasteiger partial charge in [-0.05, 0) is 48.2 Å². The normalized spacial score (nSPS) is 15.7. The number of likely N-dealkylation sites (tertiary alicyclic amines) is 1. The first-order valence-electron chi connectivity index (χ1n) is 5.82. The summed E-state index contributed by atoms with van der Waals surface area (Å²) < 4.78 is 5.90. The predicted octanol–water partition coefficient (Wildman–Crippen LogP) is 1.84. The van der Waals surface area contributed by atoms with E-state index in [1.54, 1.807) is 19.2 Å². The smallest absolute Gasteiger partial charge is 0.255 e. The minimum absolute atomic E-state index is 0.0719. The molecule has 0 N–H and O–H groups in total. The van der Waals surface area contributed by atoms with Crippen LogP contribution in [0.1, 0.15) is 10.4 Å². The SMILES string of the molecule is COc1ccc(C(=O)N2CC(N(C)C)C2)c(Br)c1. The van der Waals surface area contributed by atoms with Crippen LogP contribution in [0.3, 0.4) is 0 Å². The molecule has 4 nitrogen and oxygen atoms in total. The number of carbonyl (C=O) groups excluding carboxylic acids is 1. The topological polar surface area (TPSA) is 32.8 Å². The molecule has 0 aliphatic carbocycles. The maximum atomic E-state index is 12.3. The van der Waals surface area contributed by atoms with Crippen LogP contribution in [0.25, 0.3) is 0 Å². The van der Waals surface area contributed by atoms with Crippen molar-refractivity contribution in [1.82, 2.24) is 9.80 Å². The Labute approximate surface area is 116 Å². The van der Waals surface area contributed by atoms with Crippen molar-refractivity contribution >= 4 is 21.8 Å². The van der Waals surface area contributed by atoms with Crippen molar-refractivity contribution in [3.63, 3.8) is 0 Å². The average Bonchev–Trinajstić information content (AvgIpc) is 2.25. The fourth-order valence-corrected chi connectivity index (χ4v) is 2.44. The predicted molar refractivity (Wildman–Crippen MR) is 74.1 cm³/mol. The monoisotopic (exact) mass is 312 g/mol. The van der Waals surface area contributed by atoms with Crippen LogP contribution < -0.4 is 4.74 Å². The number of hydrogen-bond acceptors (Lipinski definition) is 3. The van der Waals surface area contributed by atoms with E-state index in [4.69, 9.17) is 4.74 Å². The molecule has 0 radical (unpaired) electrons. The minimum atomic E-state index is 0.0719. The van der Waals surface area contributed by atoms with Gasteiger partial charge in [-0.2, -0.15) is 0 Å². The van der Waals surface area contributed by atoms with E-state index in [0.29, 0.717) is 11.6 Å². The van der Waals surface area contributed by atoms with Crippen molar-refractivity contribution in [2.24, 2.45) is 0 Å². The average molecular weight is 313 g/mol. The summed E-state index contributed by atoms with van der Waals surface area (Å²) in [6, 6.07) is 5.90. The molecule has 0 unspecified atom stereocenters. The van der Waals surface area contributed by atoms with Crippen molar-refractivity contribution in [2.45, 2.75) is 6.04 Å². The number of ether oxygens (including phenoxy) is 1. The van der Waals surface area contributed by atoms with E-state index < -0.39 is 0 Å². The summed E-state index contributed by atoms with van der Waals surface area (Å²) in [5.74, 6) is 0.816. The summed E-state index contributed by atoms with van der Waals surface area (Å²) in [6.45, 7) is 1.59. The first-order valence-corrected chi connectivity index (χ1v) is 6.61. The standard InChI is InChI=1S/C13H17BrN2O2/c1-15(2)9-7-16(8-9)13(17)11-5-4-10(18-3)6-12(11)14/h4-6,9H,7-8H2,1-3H3. The van der Waals surface area contributed by atoms with Gasteiger partial charge in [0.05, 0.1) is 12.7 Å². The molecule has 1 aliphatic heterocycles. The third-order valence-corrected chi connectivity index (χ3v) is 3.94. The van der Waals surface area contributed by atoms with Crippen molar-refractivity contribution in [3.05, 3.63) is 28.2 Å². The van der Waals surface area contributed by atoms with E-state index in [0.717, 1.165) is 23.3 Å². The molecule has 1 fully saturated rings. The second kappa shape index (κ2) is 5.28. The van der Waals surface area contributed by atoms with Gasteiger partial charge in [-0.15, -0.1) is 0 Å². The maximum Gasteiger partial charge on any atom is 0.255 e. The number of halogens is 1. The Morgan fingerprint density at radius 1 is 1.44 bits per heavy atom. The molecule has 18 heavy (non-hydrogen) atoms. The highest BCUT2D eigenvalue weighted by Crippen LogP contribution is 2.26.